The fourth-order valence-corrected chi connectivity index (χ4v) is 19.8. The zero-order valence-electron chi connectivity index (χ0n) is 45.5. The molecule has 418 valence electrons. The van der Waals surface area contributed by atoms with Crippen LogP contribution < -0.4 is 10.6 Å². The predicted molar refractivity (Wildman–Crippen MR) is 284 cm³/mol. The lowest BCUT2D eigenvalue weighted by atomic mass is 9.43. The van der Waals surface area contributed by atoms with Gasteiger partial charge in [-0.25, -0.2) is 0 Å². The Morgan fingerprint density at radius 1 is 0.554 bits per heavy atom. The van der Waals surface area contributed by atoms with E-state index in [2.05, 4.69) is 75.9 Å². The topological polar surface area (TPSA) is 226 Å². The molecule has 8 saturated carbocycles. The molecule has 0 bridgehead atoms. The standard InChI is InChI=1S/C58H92N2O12S2/c1-37(11-17-51(63)59-27-31-73(65,66)67)43-13-15-45-53-47(21-25-57(43,45)5)55(3)23-19-41(33-39(55)35-49(53)61)71-29-9-7-8-10-30-72-42-20-24-56(4)40(34-42)36-50(62)54-46-16-14-44(58(46,6)26-22-48(54)56)38(2)12-18-52(64)60-28-32-74(68,69)70/h37-50,53-54,61-62H,11-36H2,1-6H3,(H,59,63)(H,60,64)(H,65,66,67)(H,68,69,70)/t37-,38-,39?,40?,41-,42-,43-,44-,45+,46+,47+,48+,49+,50+,53?,54?,55+,56+,57-,58-/m1/s1. The minimum absolute atomic E-state index is 0.0855. The number of rotatable bonds is 18. The second-order valence-corrected chi connectivity index (χ2v) is 29.5. The van der Waals surface area contributed by atoms with Crippen LogP contribution >= 0.6 is 0 Å². The second-order valence-electron chi connectivity index (χ2n) is 26.4. The number of fused-ring (bicyclic) bond motifs is 10. The molecule has 4 unspecified atom stereocenters. The molecule has 0 radical (unpaired) electrons. The molecule has 2 amide bonds. The van der Waals surface area contributed by atoms with Crippen LogP contribution in [-0.2, 0) is 39.3 Å². The molecule has 0 aliphatic heterocycles. The van der Waals surface area contributed by atoms with Crippen LogP contribution in [0.1, 0.15) is 170 Å². The van der Waals surface area contributed by atoms with Gasteiger partial charge >= 0.3 is 0 Å². The van der Waals surface area contributed by atoms with Crippen LogP contribution in [-0.4, -0.2) is 110 Å². The van der Waals surface area contributed by atoms with E-state index < -0.39 is 31.7 Å². The van der Waals surface area contributed by atoms with Gasteiger partial charge in [0.25, 0.3) is 20.2 Å². The average Bonchev–Trinajstić information content (AvgIpc) is 3.87. The fraction of sp³-hybridized carbons (Fsp3) is 0.897. The lowest BCUT2D eigenvalue weighted by Crippen LogP contribution is -2.58. The monoisotopic (exact) mass is 1070 g/mol. The molecule has 0 heterocycles. The van der Waals surface area contributed by atoms with E-state index in [1.54, 1.807) is 0 Å². The van der Waals surface area contributed by atoms with Gasteiger partial charge < -0.3 is 30.3 Å². The summed E-state index contributed by atoms with van der Waals surface area (Å²) in [6, 6.07) is 0. The van der Waals surface area contributed by atoms with Gasteiger partial charge in [-0.05, 0) is 220 Å². The first kappa shape index (κ1) is 57.9. The van der Waals surface area contributed by atoms with Gasteiger partial charge in [0.05, 0.1) is 35.9 Å². The SMILES string of the molecule is C[C@H](CCC(=O)NCCS(=O)(=O)O)[C@H]1CC[C@H]2C3[C@@H](O)CC4C[C@H](OCC#CC#CCO[C@@H]5CC[C@@]6(C)C(C5)C[C@H](O)C5[C@@H]7CC[C@H]([C@H](C)CCC(=O)NCCS(=O)(=O)O)[C@@]7(C)CC[C@@H]56)CC[C@]4(C)[C@H]3CC[C@]12C. The first-order chi connectivity index (χ1) is 34.9. The second kappa shape index (κ2) is 23.2. The third-order valence-corrected chi connectivity index (χ3v) is 24.3. The van der Waals surface area contributed by atoms with E-state index in [1.807, 2.05) is 0 Å². The maximum absolute atomic E-state index is 12.5. The van der Waals surface area contributed by atoms with E-state index in [1.165, 1.54) is 0 Å². The maximum Gasteiger partial charge on any atom is 0.266 e. The quantitative estimate of drug-likeness (QED) is 0.0570. The van der Waals surface area contributed by atoms with Crippen LogP contribution in [0.15, 0.2) is 0 Å². The van der Waals surface area contributed by atoms with Crippen LogP contribution in [0.5, 0.6) is 0 Å². The van der Waals surface area contributed by atoms with Crippen molar-refractivity contribution in [1.29, 1.82) is 0 Å². The number of amides is 2. The van der Waals surface area contributed by atoms with Crippen molar-refractivity contribution in [3.8, 4) is 23.7 Å². The molecular formula is C58H92N2O12S2. The summed E-state index contributed by atoms with van der Waals surface area (Å²) >= 11 is 0. The van der Waals surface area contributed by atoms with Gasteiger partial charge in [0.15, 0.2) is 0 Å². The van der Waals surface area contributed by atoms with Crippen molar-refractivity contribution in [3.05, 3.63) is 0 Å². The highest BCUT2D eigenvalue weighted by Crippen LogP contribution is 2.70. The zero-order chi connectivity index (χ0) is 53.4. The summed E-state index contributed by atoms with van der Waals surface area (Å²) in [5.41, 5.74) is 0.592. The maximum atomic E-state index is 12.5. The minimum Gasteiger partial charge on any atom is -0.393 e. The third-order valence-electron chi connectivity index (χ3n) is 22.8. The highest BCUT2D eigenvalue weighted by atomic mass is 32.2. The van der Waals surface area contributed by atoms with E-state index in [4.69, 9.17) is 18.6 Å². The van der Waals surface area contributed by atoms with E-state index in [-0.39, 0.29) is 71.0 Å². The Hall–Kier alpha value is -2.28. The van der Waals surface area contributed by atoms with Gasteiger partial charge in [-0.1, -0.05) is 53.4 Å². The van der Waals surface area contributed by atoms with Crippen LogP contribution in [0.4, 0.5) is 0 Å². The Morgan fingerprint density at radius 3 is 1.30 bits per heavy atom. The van der Waals surface area contributed by atoms with Crippen molar-refractivity contribution in [1.82, 2.24) is 10.6 Å². The van der Waals surface area contributed by atoms with Crippen molar-refractivity contribution >= 4 is 32.1 Å². The average molecular weight is 1070 g/mol. The molecule has 8 aliphatic rings. The molecule has 14 nitrogen and oxygen atoms in total. The Bertz CT molecular complexity index is 2200. The number of hydrogen-bond donors (Lipinski definition) is 6. The van der Waals surface area contributed by atoms with E-state index >= 15 is 0 Å². The zero-order valence-corrected chi connectivity index (χ0v) is 47.1. The molecule has 0 spiro atoms. The third kappa shape index (κ3) is 12.4. The largest absolute Gasteiger partial charge is 0.393 e. The molecule has 0 aromatic carbocycles. The van der Waals surface area contributed by atoms with Gasteiger partial charge in [-0.3, -0.25) is 18.7 Å². The Balaban J connectivity index is 0.745. The molecule has 16 heteroatoms. The molecule has 74 heavy (non-hydrogen) atoms. The van der Waals surface area contributed by atoms with Crippen molar-refractivity contribution in [2.75, 3.05) is 37.8 Å². The fourth-order valence-electron chi connectivity index (χ4n) is 19.0. The first-order valence-corrected chi connectivity index (χ1v) is 32.1. The summed E-state index contributed by atoms with van der Waals surface area (Å²) in [6.07, 6.45) is 18.4. The number of carbonyl (C=O) groups is 2. The highest BCUT2D eigenvalue weighted by molar-refractivity contribution is 7.86. The first-order valence-electron chi connectivity index (χ1n) is 28.8. The van der Waals surface area contributed by atoms with E-state index in [0.717, 1.165) is 116 Å². The van der Waals surface area contributed by atoms with Crippen LogP contribution in [0, 0.1) is 116 Å². The summed E-state index contributed by atoms with van der Waals surface area (Å²) < 4.78 is 74.9. The van der Waals surface area contributed by atoms with Crippen LogP contribution in [0.2, 0.25) is 0 Å². The molecule has 20 atom stereocenters. The Labute approximate surface area is 444 Å². The van der Waals surface area contributed by atoms with Gasteiger partial charge in [-0.2, -0.15) is 16.8 Å². The Morgan fingerprint density at radius 2 is 0.919 bits per heavy atom. The molecule has 0 saturated heterocycles. The molecule has 8 fully saturated rings. The summed E-state index contributed by atoms with van der Waals surface area (Å²) in [6.45, 7) is 14.9. The molecular weight excluding hydrogens is 981 g/mol. The van der Waals surface area contributed by atoms with Gasteiger partial charge in [-0.15, -0.1) is 0 Å². The van der Waals surface area contributed by atoms with Crippen molar-refractivity contribution < 1.29 is 55.2 Å². The minimum atomic E-state index is -4.11. The summed E-state index contributed by atoms with van der Waals surface area (Å²) in [5.74, 6) is 15.9. The van der Waals surface area contributed by atoms with Gasteiger partial charge in [0.2, 0.25) is 11.8 Å². The van der Waals surface area contributed by atoms with Crippen molar-refractivity contribution in [3.63, 3.8) is 0 Å². The normalized spacial score (nSPS) is 42.2. The molecule has 6 N–H and O–H groups in total. The van der Waals surface area contributed by atoms with Crippen molar-refractivity contribution in [2.45, 2.75) is 194 Å². The molecule has 8 aliphatic carbocycles. The highest BCUT2D eigenvalue weighted by Gasteiger charge is 2.65. The van der Waals surface area contributed by atoms with Crippen LogP contribution in [0.25, 0.3) is 0 Å². The van der Waals surface area contributed by atoms with Crippen molar-refractivity contribution in [2.24, 2.45) is 92.7 Å². The molecule has 0 aromatic heterocycles. The number of ether oxygens (including phenoxy) is 2. The van der Waals surface area contributed by atoms with E-state index in [9.17, 15) is 36.6 Å². The number of aliphatic hydroxyl groups excluding tert-OH is 2. The number of carbonyl (C=O) groups excluding carboxylic acids is 2. The van der Waals surface area contributed by atoms with Crippen LogP contribution in [0.3, 0.4) is 0 Å². The lowest BCUT2D eigenvalue weighted by molar-refractivity contribution is -0.177. The van der Waals surface area contributed by atoms with E-state index in [0.29, 0.717) is 97.1 Å². The predicted octanol–water partition coefficient (Wildman–Crippen LogP) is 7.86. The van der Waals surface area contributed by atoms with Gasteiger partial charge in [0, 0.05) is 25.9 Å². The van der Waals surface area contributed by atoms with Gasteiger partial charge in [0.1, 0.15) is 13.2 Å². The number of hydrogen-bond acceptors (Lipinski definition) is 10. The number of aliphatic hydroxyl groups is 2. The summed E-state index contributed by atoms with van der Waals surface area (Å²) in [7, 11) is -8.22. The number of nitrogens with one attached hydrogen (secondary N) is 2. The molecule has 0 aromatic rings. The lowest BCUT2D eigenvalue weighted by Gasteiger charge is -2.62. The summed E-state index contributed by atoms with van der Waals surface area (Å²) in [4.78, 5) is 25.0. The summed E-state index contributed by atoms with van der Waals surface area (Å²) in [5, 5.41) is 29.1. The molecule has 8 rings (SSSR count). The Kier molecular flexibility index (Phi) is 18.1. The smallest absolute Gasteiger partial charge is 0.266 e.